The molecule has 0 aliphatic carbocycles. The van der Waals surface area contributed by atoms with Crippen LogP contribution in [0.15, 0.2) is 45.9 Å². The molecule has 2 N–H and O–H groups in total. The molecule has 0 fully saturated rings. The fourth-order valence-electron chi connectivity index (χ4n) is 1.74. The van der Waals surface area contributed by atoms with E-state index in [1.54, 1.807) is 19.1 Å². The number of hydrazone groups is 1. The topological polar surface area (TPSA) is 119 Å². The maximum absolute atomic E-state index is 12.7. The second-order valence-electron chi connectivity index (χ2n) is 4.74. The highest BCUT2D eigenvalue weighted by Crippen LogP contribution is 2.42. The number of furan rings is 1. The van der Waals surface area contributed by atoms with E-state index < -0.39 is 18.5 Å². The van der Waals surface area contributed by atoms with Gasteiger partial charge in [-0.05, 0) is 32.0 Å². The van der Waals surface area contributed by atoms with Crippen molar-refractivity contribution >= 4 is 25.5 Å². The minimum absolute atomic E-state index is 0.146. The summed E-state index contributed by atoms with van der Waals surface area (Å²) in [5.41, 5.74) is 1.67. The van der Waals surface area contributed by atoms with Gasteiger partial charge in [0.25, 0.3) is 0 Å². The van der Waals surface area contributed by atoms with E-state index in [1.165, 1.54) is 18.3 Å². The third-order valence-electron chi connectivity index (χ3n) is 2.81. The van der Waals surface area contributed by atoms with Crippen molar-refractivity contribution in [3.8, 4) is 0 Å². The SMILES string of the molecule is CCOP(=O)(N/N=C/c1ccc([N+](=O)[O-])o1)Nc1ccc(C)cc1. The van der Waals surface area contributed by atoms with Gasteiger partial charge in [0.15, 0.2) is 5.76 Å². The van der Waals surface area contributed by atoms with E-state index >= 15 is 0 Å². The summed E-state index contributed by atoms with van der Waals surface area (Å²) in [5.74, 6) is -0.255. The van der Waals surface area contributed by atoms with E-state index in [2.05, 4.69) is 15.4 Å². The number of benzene rings is 1. The Morgan fingerprint density at radius 2 is 2.04 bits per heavy atom. The first-order valence-electron chi connectivity index (χ1n) is 7.06. The van der Waals surface area contributed by atoms with E-state index in [0.717, 1.165) is 5.56 Å². The molecular weight excluding hydrogens is 335 g/mol. The van der Waals surface area contributed by atoms with Gasteiger partial charge in [0.1, 0.15) is 4.92 Å². The lowest BCUT2D eigenvalue weighted by Crippen LogP contribution is -2.13. The summed E-state index contributed by atoms with van der Waals surface area (Å²) >= 11 is 0. The van der Waals surface area contributed by atoms with Crippen LogP contribution in [0.25, 0.3) is 0 Å². The van der Waals surface area contributed by atoms with E-state index in [-0.39, 0.29) is 12.4 Å². The molecule has 128 valence electrons. The summed E-state index contributed by atoms with van der Waals surface area (Å²) < 4.78 is 22.8. The normalized spacial score (nSPS) is 13.6. The van der Waals surface area contributed by atoms with Crippen molar-refractivity contribution in [2.24, 2.45) is 5.10 Å². The first-order chi connectivity index (χ1) is 11.4. The quantitative estimate of drug-likeness (QED) is 0.322. The minimum atomic E-state index is -3.48. The summed E-state index contributed by atoms with van der Waals surface area (Å²) in [4.78, 5) is 9.88. The van der Waals surface area contributed by atoms with Crippen molar-refractivity contribution in [1.29, 1.82) is 0 Å². The van der Waals surface area contributed by atoms with Crippen molar-refractivity contribution < 1.29 is 18.4 Å². The van der Waals surface area contributed by atoms with Crippen molar-refractivity contribution in [3.05, 3.63) is 57.8 Å². The lowest BCUT2D eigenvalue weighted by Gasteiger charge is -2.18. The molecule has 0 saturated carbocycles. The molecule has 0 bridgehead atoms. The lowest BCUT2D eigenvalue weighted by molar-refractivity contribution is -0.402. The van der Waals surface area contributed by atoms with Crippen LogP contribution < -0.4 is 10.3 Å². The maximum atomic E-state index is 12.7. The van der Waals surface area contributed by atoms with Gasteiger partial charge in [0.05, 0.1) is 18.9 Å². The second kappa shape index (κ2) is 7.76. The third-order valence-corrected chi connectivity index (χ3v) is 4.37. The number of hydrogen-bond donors (Lipinski definition) is 2. The Morgan fingerprint density at radius 1 is 1.33 bits per heavy atom. The van der Waals surface area contributed by atoms with Gasteiger partial charge in [0.2, 0.25) is 0 Å². The van der Waals surface area contributed by atoms with E-state index in [0.29, 0.717) is 5.69 Å². The summed E-state index contributed by atoms with van der Waals surface area (Å²) in [7, 11) is -3.48. The van der Waals surface area contributed by atoms with Crippen LogP contribution in [0.2, 0.25) is 0 Å². The molecule has 0 spiro atoms. The molecule has 1 aromatic carbocycles. The second-order valence-corrected chi connectivity index (χ2v) is 6.52. The predicted octanol–water partition coefficient (Wildman–Crippen LogP) is 3.68. The Balaban J connectivity index is 2.05. The first-order valence-corrected chi connectivity index (χ1v) is 8.68. The van der Waals surface area contributed by atoms with Gasteiger partial charge < -0.3 is 4.42 Å². The number of hydrogen-bond acceptors (Lipinski definition) is 6. The summed E-state index contributed by atoms with van der Waals surface area (Å²) in [5, 5.41) is 19.5. The highest BCUT2D eigenvalue weighted by atomic mass is 31.2. The molecule has 10 heteroatoms. The van der Waals surface area contributed by atoms with Crippen LogP contribution in [0.3, 0.4) is 0 Å². The zero-order valence-electron chi connectivity index (χ0n) is 13.1. The van der Waals surface area contributed by atoms with Gasteiger partial charge in [-0.2, -0.15) is 5.10 Å². The molecule has 0 aliphatic rings. The van der Waals surface area contributed by atoms with Gasteiger partial charge in [0, 0.05) is 5.69 Å². The summed E-state index contributed by atoms with van der Waals surface area (Å²) in [6.45, 7) is 3.84. The number of nitrogens with one attached hydrogen (secondary N) is 2. The van der Waals surface area contributed by atoms with Crippen LogP contribution >= 0.6 is 7.67 Å². The van der Waals surface area contributed by atoms with Gasteiger partial charge in [-0.3, -0.25) is 19.7 Å². The van der Waals surface area contributed by atoms with Crippen LogP contribution in [0.4, 0.5) is 11.6 Å². The third kappa shape index (κ3) is 4.94. The Hall–Kier alpha value is -2.64. The molecular formula is C14H17N4O5P. The smallest absolute Gasteiger partial charge is 0.400 e. The fourth-order valence-corrected chi connectivity index (χ4v) is 2.98. The molecule has 0 radical (unpaired) electrons. The average molecular weight is 352 g/mol. The first kappa shape index (κ1) is 17.7. The van der Waals surface area contributed by atoms with Crippen LogP contribution in [0, 0.1) is 17.0 Å². The van der Waals surface area contributed by atoms with Crippen LogP contribution in [-0.4, -0.2) is 17.7 Å². The molecule has 2 aromatic rings. The van der Waals surface area contributed by atoms with E-state index in [4.69, 9.17) is 8.94 Å². The molecule has 1 unspecified atom stereocenters. The number of nitro groups is 1. The maximum Gasteiger partial charge on any atom is 0.433 e. The van der Waals surface area contributed by atoms with Crippen LogP contribution in [0.5, 0.6) is 0 Å². The summed E-state index contributed by atoms with van der Waals surface area (Å²) in [6, 6.07) is 9.84. The molecule has 9 nitrogen and oxygen atoms in total. The van der Waals surface area contributed by atoms with Gasteiger partial charge in [-0.25, -0.2) is 9.76 Å². The van der Waals surface area contributed by atoms with Crippen molar-refractivity contribution in [2.75, 3.05) is 11.7 Å². The lowest BCUT2D eigenvalue weighted by atomic mass is 10.2. The van der Waals surface area contributed by atoms with Gasteiger partial charge in [-0.1, -0.05) is 17.7 Å². The molecule has 1 heterocycles. The Kier molecular flexibility index (Phi) is 5.73. The molecule has 0 amide bonds. The molecule has 1 aromatic heterocycles. The molecule has 0 saturated heterocycles. The number of aryl methyl sites for hydroxylation is 1. The van der Waals surface area contributed by atoms with Crippen molar-refractivity contribution in [2.45, 2.75) is 13.8 Å². The molecule has 24 heavy (non-hydrogen) atoms. The number of rotatable bonds is 8. The Labute approximate surface area is 138 Å². The van der Waals surface area contributed by atoms with Crippen LogP contribution in [-0.2, 0) is 9.09 Å². The minimum Gasteiger partial charge on any atom is -0.400 e. The standard InChI is InChI=1S/C14H17N4O5P/c1-3-22-24(21,16-12-6-4-11(2)5-7-12)17-15-10-13-8-9-14(23-13)18(19)20/h4-10H,3H2,1-2H3,(H2,16,17,21)/b15-10+. The zero-order valence-corrected chi connectivity index (χ0v) is 14.0. The van der Waals surface area contributed by atoms with Crippen molar-refractivity contribution in [3.63, 3.8) is 0 Å². The number of anilines is 1. The Bertz CT molecular complexity index is 772. The average Bonchev–Trinajstić information content (AvgIpc) is 2.99. The fraction of sp³-hybridized carbons (Fsp3) is 0.214. The highest BCUT2D eigenvalue weighted by Gasteiger charge is 2.22. The van der Waals surface area contributed by atoms with E-state index in [1.807, 2.05) is 19.1 Å². The monoisotopic (exact) mass is 352 g/mol. The molecule has 0 aliphatic heterocycles. The Morgan fingerprint density at radius 3 is 2.62 bits per heavy atom. The molecule has 2 rings (SSSR count). The largest absolute Gasteiger partial charge is 0.433 e. The predicted molar refractivity (Wildman–Crippen MR) is 90.1 cm³/mol. The number of nitrogens with zero attached hydrogens (tertiary/aromatic N) is 2. The van der Waals surface area contributed by atoms with Crippen molar-refractivity contribution in [1.82, 2.24) is 5.20 Å². The van der Waals surface area contributed by atoms with Crippen LogP contribution in [0.1, 0.15) is 18.2 Å². The van der Waals surface area contributed by atoms with Gasteiger partial charge in [-0.15, -0.1) is 0 Å². The molecule has 1 atom stereocenters. The van der Waals surface area contributed by atoms with Gasteiger partial charge >= 0.3 is 13.6 Å². The zero-order chi connectivity index (χ0) is 17.6. The summed E-state index contributed by atoms with van der Waals surface area (Å²) in [6.07, 6.45) is 1.18. The van der Waals surface area contributed by atoms with E-state index in [9.17, 15) is 14.7 Å². The highest BCUT2D eigenvalue weighted by molar-refractivity contribution is 7.58.